The van der Waals surface area contributed by atoms with Gasteiger partial charge in [0, 0.05) is 19.7 Å². The molecule has 0 aromatic heterocycles. The first-order chi connectivity index (χ1) is 11.1. The summed E-state index contributed by atoms with van der Waals surface area (Å²) in [5.41, 5.74) is 0.945. The summed E-state index contributed by atoms with van der Waals surface area (Å²) < 4.78 is 36.3. The summed E-state index contributed by atoms with van der Waals surface area (Å²) >= 11 is 0. The van der Waals surface area contributed by atoms with Crippen molar-refractivity contribution in [1.29, 1.82) is 0 Å². The fraction of sp³-hybridized carbons (Fsp3) is 0.200. The second-order valence-electron chi connectivity index (χ2n) is 5.39. The van der Waals surface area contributed by atoms with Crippen LogP contribution in [0.2, 0.25) is 0 Å². The number of sulfonamides is 1. The quantitative estimate of drug-likeness (QED) is 0.656. The first-order valence-electron chi connectivity index (χ1n) is 6.87. The number of aryl methyl sites for hydroxylation is 1. The average molecular weight is 353 g/mol. The van der Waals surface area contributed by atoms with Crippen LogP contribution in [-0.4, -0.2) is 20.4 Å². The molecular formula is C15H16FN3O4S. The summed E-state index contributed by atoms with van der Waals surface area (Å²) in [6.07, 6.45) is 0. The number of nitro benzene ring substituents is 1. The van der Waals surface area contributed by atoms with Crippen molar-refractivity contribution in [2.24, 2.45) is 5.14 Å². The first-order valence-corrected chi connectivity index (χ1v) is 8.41. The molecule has 0 atom stereocenters. The molecule has 0 unspecified atom stereocenters. The largest absolute Gasteiger partial charge is 0.365 e. The lowest BCUT2D eigenvalue weighted by atomic mass is 10.1. The van der Waals surface area contributed by atoms with Gasteiger partial charge in [0.2, 0.25) is 10.0 Å². The number of rotatable bonds is 5. The zero-order valence-corrected chi connectivity index (χ0v) is 13.9. The van der Waals surface area contributed by atoms with E-state index in [1.807, 2.05) is 0 Å². The van der Waals surface area contributed by atoms with Crippen LogP contribution in [0.4, 0.5) is 15.8 Å². The Labute approximate surface area is 138 Å². The van der Waals surface area contributed by atoms with E-state index in [4.69, 9.17) is 5.14 Å². The molecule has 0 radical (unpaired) electrons. The normalized spacial score (nSPS) is 11.3. The van der Waals surface area contributed by atoms with Gasteiger partial charge >= 0.3 is 0 Å². The molecule has 0 amide bonds. The molecule has 0 spiro atoms. The van der Waals surface area contributed by atoms with Gasteiger partial charge in [-0.25, -0.2) is 17.9 Å². The van der Waals surface area contributed by atoms with Crippen molar-refractivity contribution < 1.29 is 17.7 Å². The Balaban J connectivity index is 2.39. The molecule has 0 aliphatic rings. The van der Waals surface area contributed by atoms with Crippen molar-refractivity contribution in [3.05, 3.63) is 63.5 Å². The molecule has 0 saturated heterocycles. The summed E-state index contributed by atoms with van der Waals surface area (Å²) in [6.45, 7) is 1.85. The van der Waals surface area contributed by atoms with E-state index < -0.39 is 20.6 Å². The second kappa shape index (κ2) is 6.54. The Kier molecular flexibility index (Phi) is 4.86. The second-order valence-corrected chi connectivity index (χ2v) is 6.95. The van der Waals surface area contributed by atoms with Gasteiger partial charge in [-0.15, -0.1) is 0 Å². The minimum Gasteiger partial charge on any atom is -0.365 e. The highest BCUT2D eigenvalue weighted by atomic mass is 32.2. The van der Waals surface area contributed by atoms with Crippen molar-refractivity contribution in [2.45, 2.75) is 18.4 Å². The number of hydrogen-bond acceptors (Lipinski definition) is 5. The molecule has 7 nitrogen and oxygen atoms in total. The standard InChI is InChI=1S/C15H16FN3O4S/c1-10-3-4-11(7-13(10)16)9-18(2)14-6-5-12(24(17,22)23)8-15(14)19(20)21/h3-8H,9H2,1-2H3,(H2,17,22,23). The lowest BCUT2D eigenvalue weighted by molar-refractivity contribution is -0.384. The van der Waals surface area contributed by atoms with Crippen LogP contribution in [0.1, 0.15) is 11.1 Å². The summed E-state index contributed by atoms with van der Waals surface area (Å²) in [7, 11) is -2.45. The van der Waals surface area contributed by atoms with E-state index in [9.17, 15) is 22.9 Å². The van der Waals surface area contributed by atoms with E-state index in [-0.39, 0.29) is 22.9 Å². The number of nitrogens with zero attached hydrogens (tertiary/aromatic N) is 2. The van der Waals surface area contributed by atoms with E-state index >= 15 is 0 Å². The van der Waals surface area contributed by atoms with E-state index in [1.54, 1.807) is 26.1 Å². The summed E-state index contributed by atoms with van der Waals surface area (Å²) in [5, 5.41) is 16.2. The van der Waals surface area contributed by atoms with Crippen LogP contribution in [0.25, 0.3) is 0 Å². The number of primary sulfonamides is 1. The predicted molar refractivity (Wildman–Crippen MR) is 87.7 cm³/mol. The van der Waals surface area contributed by atoms with Crippen molar-refractivity contribution in [3.8, 4) is 0 Å². The van der Waals surface area contributed by atoms with Crippen molar-refractivity contribution in [3.63, 3.8) is 0 Å². The minimum atomic E-state index is -4.04. The summed E-state index contributed by atoms with van der Waals surface area (Å²) in [6, 6.07) is 8.12. The summed E-state index contributed by atoms with van der Waals surface area (Å²) in [4.78, 5) is 11.8. The molecule has 2 aromatic carbocycles. The van der Waals surface area contributed by atoms with Gasteiger partial charge < -0.3 is 4.90 Å². The molecule has 2 aromatic rings. The Morgan fingerprint density at radius 1 is 1.25 bits per heavy atom. The van der Waals surface area contributed by atoms with E-state index in [1.165, 1.54) is 23.1 Å². The van der Waals surface area contributed by atoms with Crippen LogP contribution in [-0.2, 0) is 16.6 Å². The molecule has 0 saturated carbocycles. The fourth-order valence-corrected chi connectivity index (χ4v) is 2.78. The zero-order valence-electron chi connectivity index (χ0n) is 13.1. The van der Waals surface area contributed by atoms with Gasteiger partial charge in [0.1, 0.15) is 11.5 Å². The van der Waals surface area contributed by atoms with Gasteiger partial charge in [0.25, 0.3) is 5.69 Å². The number of nitro groups is 1. The number of anilines is 1. The maximum atomic E-state index is 13.6. The molecule has 0 heterocycles. The number of nitrogens with two attached hydrogens (primary N) is 1. The number of benzene rings is 2. The van der Waals surface area contributed by atoms with Crippen LogP contribution >= 0.6 is 0 Å². The third kappa shape index (κ3) is 3.87. The Morgan fingerprint density at radius 3 is 2.46 bits per heavy atom. The van der Waals surface area contributed by atoms with Crippen LogP contribution in [0.5, 0.6) is 0 Å². The maximum Gasteiger partial charge on any atom is 0.293 e. The molecule has 128 valence electrons. The topological polar surface area (TPSA) is 107 Å². The van der Waals surface area contributed by atoms with Gasteiger partial charge in [0.05, 0.1) is 9.82 Å². The third-order valence-electron chi connectivity index (χ3n) is 3.54. The number of hydrogen-bond donors (Lipinski definition) is 1. The van der Waals surface area contributed by atoms with Gasteiger partial charge in [-0.1, -0.05) is 12.1 Å². The highest BCUT2D eigenvalue weighted by Crippen LogP contribution is 2.30. The highest BCUT2D eigenvalue weighted by molar-refractivity contribution is 7.89. The van der Waals surface area contributed by atoms with Crippen molar-refractivity contribution in [1.82, 2.24) is 0 Å². The van der Waals surface area contributed by atoms with Crippen molar-refractivity contribution in [2.75, 3.05) is 11.9 Å². The summed E-state index contributed by atoms with van der Waals surface area (Å²) in [5.74, 6) is -0.361. The third-order valence-corrected chi connectivity index (χ3v) is 4.45. The Hall–Kier alpha value is -2.52. The lowest BCUT2D eigenvalue weighted by Crippen LogP contribution is -2.19. The predicted octanol–water partition coefficient (Wildman–Crippen LogP) is 2.33. The molecule has 9 heteroatoms. The monoisotopic (exact) mass is 353 g/mol. The molecule has 24 heavy (non-hydrogen) atoms. The van der Waals surface area contributed by atoms with E-state index in [2.05, 4.69) is 0 Å². The molecule has 0 fully saturated rings. The van der Waals surface area contributed by atoms with Crippen LogP contribution in [0.15, 0.2) is 41.3 Å². The molecule has 2 N–H and O–H groups in total. The van der Waals surface area contributed by atoms with Crippen molar-refractivity contribution >= 4 is 21.4 Å². The fourth-order valence-electron chi connectivity index (χ4n) is 2.24. The molecular weight excluding hydrogens is 337 g/mol. The van der Waals surface area contributed by atoms with E-state index in [0.29, 0.717) is 11.1 Å². The van der Waals surface area contributed by atoms with Gasteiger partial charge in [0.15, 0.2) is 0 Å². The van der Waals surface area contributed by atoms with Crippen LogP contribution in [0, 0.1) is 22.9 Å². The Bertz CT molecular complexity index is 900. The maximum absolute atomic E-state index is 13.6. The first kappa shape index (κ1) is 17.8. The molecule has 2 rings (SSSR count). The van der Waals surface area contributed by atoms with Gasteiger partial charge in [-0.3, -0.25) is 10.1 Å². The molecule has 0 bridgehead atoms. The Morgan fingerprint density at radius 2 is 1.92 bits per heavy atom. The number of halogens is 1. The molecule has 0 aliphatic heterocycles. The van der Waals surface area contributed by atoms with Gasteiger partial charge in [-0.05, 0) is 36.2 Å². The SMILES string of the molecule is Cc1ccc(CN(C)c2ccc(S(N)(=O)=O)cc2[N+](=O)[O-])cc1F. The zero-order chi connectivity index (χ0) is 18.1. The van der Waals surface area contributed by atoms with E-state index in [0.717, 1.165) is 6.07 Å². The van der Waals surface area contributed by atoms with Crippen LogP contribution < -0.4 is 10.0 Å². The smallest absolute Gasteiger partial charge is 0.293 e. The molecule has 0 aliphatic carbocycles. The lowest BCUT2D eigenvalue weighted by Gasteiger charge is -2.20. The van der Waals surface area contributed by atoms with Gasteiger partial charge in [-0.2, -0.15) is 0 Å². The highest BCUT2D eigenvalue weighted by Gasteiger charge is 2.21. The average Bonchev–Trinajstić information content (AvgIpc) is 2.49. The minimum absolute atomic E-state index is 0.202. The van der Waals surface area contributed by atoms with Crippen LogP contribution in [0.3, 0.4) is 0 Å².